The van der Waals surface area contributed by atoms with E-state index in [1.807, 2.05) is 0 Å². The van der Waals surface area contributed by atoms with Crippen LogP contribution in [0.1, 0.15) is 32.6 Å². The van der Waals surface area contributed by atoms with Crippen molar-refractivity contribution in [2.45, 2.75) is 38.6 Å². The van der Waals surface area contributed by atoms with Crippen LogP contribution in [0.3, 0.4) is 0 Å². The minimum atomic E-state index is 0.722. The van der Waals surface area contributed by atoms with E-state index >= 15 is 0 Å². The summed E-state index contributed by atoms with van der Waals surface area (Å²) in [4.78, 5) is 7.94. The lowest BCUT2D eigenvalue weighted by Gasteiger charge is -2.42. The van der Waals surface area contributed by atoms with E-state index in [9.17, 15) is 0 Å². The molecule has 2 saturated heterocycles. The zero-order valence-corrected chi connectivity index (χ0v) is 13.5. The highest BCUT2D eigenvalue weighted by Crippen LogP contribution is 2.13. The summed E-state index contributed by atoms with van der Waals surface area (Å²) in [6, 6.07) is 0.722. The van der Waals surface area contributed by atoms with Crippen molar-refractivity contribution < 1.29 is 4.74 Å². The van der Waals surface area contributed by atoms with Crippen molar-refractivity contribution in [3.05, 3.63) is 0 Å². The maximum absolute atomic E-state index is 5.23. The smallest absolute Gasteiger partial charge is 0.0589 e. The van der Waals surface area contributed by atoms with Crippen molar-refractivity contribution in [2.75, 3.05) is 66.1 Å². The number of hydrogen-bond acceptors (Lipinski definition) is 4. The number of likely N-dealkylation sites (tertiary alicyclic amines) is 1. The van der Waals surface area contributed by atoms with Gasteiger partial charge in [0.2, 0.25) is 0 Å². The van der Waals surface area contributed by atoms with Gasteiger partial charge in [0.15, 0.2) is 0 Å². The normalized spacial score (nSPS) is 27.0. The lowest BCUT2D eigenvalue weighted by atomic mass is 10.1. The van der Waals surface area contributed by atoms with Crippen LogP contribution in [0, 0.1) is 0 Å². The molecule has 0 aromatic carbocycles. The Morgan fingerprint density at radius 3 is 2.35 bits per heavy atom. The number of piperazine rings is 1. The van der Waals surface area contributed by atoms with Crippen LogP contribution in [-0.4, -0.2) is 86.8 Å². The molecule has 0 N–H and O–H groups in total. The van der Waals surface area contributed by atoms with Gasteiger partial charge in [-0.1, -0.05) is 13.3 Å². The van der Waals surface area contributed by atoms with Gasteiger partial charge in [0, 0.05) is 52.4 Å². The second-order valence-electron chi connectivity index (χ2n) is 6.29. The average molecular weight is 283 g/mol. The Morgan fingerprint density at radius 1 is 0.900 bits per heavy atom. The molecule has 1 atom stereocenters. The number of ether oxygens (including phenoxy) is 1. The third-order valence-electron chi connectivity index (χ3n) is 4.92. The summed E-state index contributed by atoms with van der Waals surface area (Å²) in [6.07, 6.45) is 5.50. The number of methoxy groups -OCH3 is 1. The molecule has 20 heavy (non-hydrogen) atoms. The van der Waals surface area contributed by atoms with Gasteiger partial charge >= 0.3 is 0 Å². The Hall–Kier alpha value is -0.160. The highest BCUT2D eigenvalue weighted by molar-refractivity contribution is 4.82. The molecule has 0 unspecified atom stereocenters. The minimum Gasteiger partial charge on any atom is -0.383 e. The Balaban J connectivity index is 1.69. The largest absolute Gasteiger partial charge is 0.383 e. The molecule has 0 spiro atoms. The van der Waals surface area contributed by atoms with Crippen LogP contribution >= 0.6 is 0 Å². The van der Waals surface area contributed by atoms with E-state index < -0.39 is 0 Å². The van der Waals surface area contributed by atoms with Crippen LogP contribution in [0.2, 0.25) is 0 Å². The lowest BCUT2D eigenvalue weighted by molar-refractivity contribution is 0.0444. The zero-order chi connectivity index (χ0) is 14.2. The van der Waals surface area contributed by atoms with Gasteiger partial charge in [-0.05, 0) is 32.4 Å². The Labute approximate surface area is 125 Å². The molecule has 0 bridgehead atoms. The minimum absolute atomic E-state index is 0.722. The quantitative estimate of drug-likeness (QED) is 0.705. The van der Waals surface area contributed by atoms with E-state index in [1.54, 1.807) is 7.11 Å². The number of rotatable bonds is 7. The third-order valence-corrected chi connectivity index (χ3v) is 4.92. The van der Waals surface area contributed by atoms with E-state index in [1.165, 1.54) is 71.5 Å². The van der Waals surface area contributed by atoms with Crippen LogP contribution in [0.4, 0.5) is 0 Å². The van der Waals surface area contributed by atoms with Crippen LogP contribution in [-0.2, 0) is 4.74 Å². The van der Waals surface area contributed by atoms with E-state index in [2.05, 4.69) is 21.6 Å². The summed E-state index contributed by atoms with van der Waals surface area (Å²) in [7, 11) is 1.80. The second kappa shape index (κ2) is 8.98. The Kier molecular flexibility index (Phi) is 7.28. The molecule has 0 amide bonds. The second-order valence-corrected chi connectivity index (χ2v) is 6.29. The van der Waals surface area contributed by atoms with Gasteiger partial charge in [-0.3, -0.25) is 9.80 Å². The van der Waals surface area contributed by atoms with Crippen molar-refractivity contribution >= 4 is 0 Å². The first-order valence-electron chi connectivity index (χ1n) is 8.51. The third kappa shape index (κ3) is 4.99. The summed E-state index contributed by atoms with van der Waals surface area (Å²) in [5.41, 5.74) is 0. The van der Waals surface area contributed by atoms with Crippen molar-refractivity contribution in [1.82, 2.24) is 14.7 Å². The Morgan fingerprint density at radius 2 is 1.65 bits per heavy atom. The molecule has 4 heteroatoms. The highest BCUT2D eigenvalue weighted by Gasteiger charge is 2.25. The van der Waals surface area contributed by atoms with Crippen molar-refractivity contribution in [1.29, 1.82) is 0 Å². The molecule has 0 radical (unpaired) electrons. The molecule has 4 nitrogen and oxygen atoms in total. The van der Waals surface area contributed by atoms with Gasteiger partial charge in [0.1, 0.15) is 0 Å². The highest BCUT2D eigenvalue weighted by atomic mass is 16.5. The molecule has 2 aliphatic heterocycles. The van der Waals surface area contributed by atoms with Crippen molar-refractivity contribution in [3.8, 4) is 0 Å². The predicted molar refractivity (Wildman–Crippen MR) is 84.3 cm³/mol. The fourth-order valence-electron chi connectivity index (χ4n) is 3.52. The molecule has 0 aliphatic carbocycles. The fourth-order valence-corrected chi connectivity index (χ4v) is 3.52. The average Bonchev–Trinajstić information content (AvgIpc) is 2.52. The first kappa shape index (κ1) is 16.2. The lowest BCUT2D eigenvalue weighted by Crippen LogP contribution is -2.54. The standard InChI is InChI=1S/C16H33N3O/c1-3-16-15-18(11-12-19(16)13-14-20-2)10-9-17-7-5-4-6-8-17/h16H,3-15H2,1-2H3/t16-/m1/s1. The summed E-state index contributed by atoms with van der Waals surface area (Å²) in [5.74, 6) is 0. The maximum atomic E-state index is 5.23. The summed E-state index contributed by atoms with van der Waals surface area (Å²) < 4.78 is 5.23. The van der Waals surface area contributed by atoms with Crippen LogP contribution < -0.4 is 0 Å². The van der Waals surface area contributed by atoms with Gasteiger partial charge in [0.05, 0.1) is 6.61 Å². The molecule has 0 aromatic rings. The SMILES string of the molecule is CC[C@@H]1CN(CCN2CCCCC2)CCN1CCOC. The van der Waals surface area contributed by atoms with Gasteiger partial charge in [-0.2, -0.15) is 0 Å². The molecule has 0 aromatic heterocycles. The maximum Gasteiger partial charge on any atom is 0.0589 e. The van der Waals surface area contributed by atoms with E-state index in [4.69, 9.17) is 4.74 Å². The molecule has 2 fully saturated rings. The van der Waals surface area contributed by atoms with Crippen LogP contribution in [0.15, 0.2) is 0 Å². The molecular weight excluding hydrogens is 250 g/mol. The van der Waals surface area contributed by atoms with Gasteiger partial charge in [-0.25, -0.2) is 0 Å². The molecular formula is C16H33N3O. The summed E-state index contributed by atoms with van der Waals surface area (Å²) >= 11 is 0. The first-order valence-corrected chi connectivity index (χ1v) is 8.51. The number of hydrogen-bond donors (Lipinski definition) is 0. The molecule has 2 aliphatic rings. The monoisotopic (exact) mass is 283 g/mol. The number of piperidine rings is 1. The first-order chi connectivity index (χ1) is 9.83. The van der Waals surface area contributed by atoms with Gasteiger partial charge in [-0.15, -0.1) is 0 Å². The summed E-state index contributed by atoms with van der Waals surface area (Å²) in [5, 5.41) is 0. The van der Waals surface area contributed by atoms with Crippen molar-refractivity contribution in [2.24, 2.45) is 0 Å². The zero-order valence-electron chi connectivity index (χ0n) is 13.5. The molecule has 0 saturated carbocycles. The molecule has 118 valence electrons. The number of nitrogens with zero attached hydrogens (tertiary/aromatic N) is 3. The predicted octanol–water partition coefficient (Wildman–Crippen LogP) is 1.51. The fraction of sp³-hybridized carbons (Fsp3) is 1.00. The van der Waals surface area contributed by atoms with E-state index in [0.717, 1.165) is 19.2 Å². The van der Waals surface area contributed by atoms with Gasteiger partial charge < -0.3 is 9.64 Å². The van der Waals surface area contributed by atoms with Gasteiger partial charge in [0.25, 0.3) is 0 Å². The Bertz CT molecular complexity index is 256. The van der Waals surface area contributed by atoms with Crippen LogP contribution in [0.25, 0.3) is 0 Å². The van der Waals surface area contributed by atoms with E-state index in [0.29, 0.717) is 0 Å². The van der Waals surface area contributed by atoms with E-state index in [-0.39, 0.29) is 0 Å². The van der Waals surface area contributed by atoms with Crippen molar-refractivity contribution in [3.63, 3.8) is 0 Å². The molecule has 2 heterocycles. The topological polar surface area (TPSA) is 19.0 Å². The molecule has 2 rings (SSSR count). The summed E-state index contributed by atoms with van der Waals surface area (Å²) in [6.45, 7) is 13.1. The van der Waals surface area contributed by atoms with Crippen LogP contribution in [0.5, 0.6) is 0 Å².